The van der Waals surface area contributed by atoms with Crippen LogP contribution in [0.3, 0.4) is 0 Å². The van der Waals surface area contributed by atoms with Gasteiger partial charge in [-0.3, -0.25) is 4.79 Å². The normalized spacial score (nSPS) is 19.6. The van der Waals surface area contributed by atoms with Crippen molar-refractivity contribution in [2.75, 3.05) is 6.61 Å². The van der Waals surface area contributed by atoms with Crippen LogP contribution in [0.15, 0.2) is 28.2 Å². The molecule has 0 bridgehead atoms. The highest BCUT2D eigenvalue weighted by atomic mass is 32.1. The van der Waals surface area contributed by atoms with E-state index < -0.39 is 0 Å². The number of aromatic nitrogens is 1. The first-order valence-corrected chi connectivity index (χ1v) is 7.99. The zero-order valence-electron chi connectivity index (χ0n) is 11.9. The second-order valence-electron chi connectivity index (χ2n) is 5.21. The number of hydrogen-bond acceptors (Lipinski definition) is 5. The molecule has 3 rings (SSSR count). The number of hydrogen-bond donors (Lipinski definition) is 1. The third-order valence-electron chi connectivity index (χ3n) is 3.54. The van der Waals surface area contributed by atoms with Crippen molar-refractivity contribution < 1.29 is 13.9 Å². The molecule has 1 aliphatic rings. The summed E-state index contributed by atoms with van der Waals surface area (Å²) < 4.78 is 10.9. The van der Waals surface area contributed by atoms with Gasteiger partial charge in [0.05, 0.1) is 30.5 Å². The third-order valence-corrected chi connectivity index (χ3v) is 4.44. The molecule has 1 N–H and O–H groups in total. The maximum absolute atomic E-state index is 12.0. The van der Waals surface area contributed by atoms with Crippen molar-refractivity contribution in [2.24, 2.45) is 0 Å². The molecular formula is C15H18N2O3S. The van der Waals surface area contributed by atoms with Crippen LogP contribution in [0.2, 0.25) is 0 Å². The molecule has 3 heterocycles. The lowest BCUT2D eigenvalue weighted by atomic mass is 10.1. The van der Waals surface area contributed by atoms with Gasteiger partial charge in [-0.05, 0) is 31.9 Å². The van der Waals surface area contributed by atoms with Crippen LogP contribution in [-0.2, 0) is 16.0 Å². The minimum absolute atomic E-state index is 0.0192. The molecule has 2 atom stereocenters. The van der Waals surface area contributed by atoms with E-state index in [0.717, 1.165) is 35.9 Å². The van der Waals surface area contributed by atoms with E-state index in [1.54, 1.807) is 6.26 Å². The molecular weight excluding hydrogens is 288 g/mol. The number of carbonyl (C=O) groups is 1. The van der Waals surface area contributed by atoms with E-state index in [1.807, 2.05) is 24.4 Å². The maximum atomic E-state index is 12.0. The van der Waals surface area contributed by atoms with Crippen molar-refractivity contribution in [1.82, 2.24) is 10.3 Å². The lowest BCUT2D eigenvalue weighted by Crippen LogP contribution is -2.41. The van der Waals surface area contributed by atoms with Crippen molar-refractivity contribution in [1.29, 1.82) is 0 Å². The van der Waals surface area contributed by atoms with Crippen molar-refractivity contribution in [3.8, 4) is 10.8 Å². The van der Waals surface area contributed by atoms with Gasteiger partial charge in [0.2, 0.25) is 5.91 Å². The van der Waals surface area contributed by atoms with Gasteiger partial charge < -0.3 is 14.5 Å². The SMILES string of the molecule is C[C@H](NC(=O)Cc1csc(-c2ccco2)n1)[C@H]1CCCO1. The van der Waals surface area contributed by atoms with Crippen molar-refractivity contribution in [3.63, 3.8) is 0 Å². The number of nitrogens with one attached hydrogen (secondary N) is 1. The number of nitrogens with zero attached hydrogens (tertiary/aromatic N) is 1. The molecule has 1 fully saturated rings. The van der Waals surface area contributed by atoms with Crippen LogP contribution in [0.4, 0.5) is 0 Å². The zero-order chi connectivity index (χ0) is 14.7. The smallest absolute Gasteiger partial charge is 0.226 e. The Balaban J connectivity index is 1.55. The highest BCUT2D eigenvalue weighted by molar-refractivity contribution is 7.13. The first-order chi connectivity index (χ1) is 10.2. The average Bonchev–Trinajstić information content (AvgIpc) is 3.21. The molecule has 6 heteroatoms. The largest absolute Gasteiger partial charge is 0.462 e. The van der Waals surface area contributed by atoms with Crippen LogP contribution in [0, 0.1) is 0 Å². The van der Waals surface area contributed by atoms with Gasteiger partial charge in [-0.15, -0.1) is 11.3 Å². The average molecular weight is 306 g/mol. The Bertz CT molecular complexity index is 588. The highest BCUT2D eigenvalue weighted by Gasteiger charge is 2.23. The minimum Gasteiger partial charge on any atom is -0.462 e. The van der Waals surface area contributed by atoms with Crippen LogP contribution >= 0.6 is 11.3 Å². The molecule has 21 heavy (non-hydrogen) atoms. The predicted molar refractivity (Wildman–Crippen MR) is 80.1 cm³/mol. The standard InChI is InChI=1S/C15H18N2O3S/c1-10(12-4-2-6-19-12)16-14(18)8-11-9-21-15(17-11)13-5-3-7-20-13/h3,5,7,9-10,12H,2,4,6,8H2,1H3,(H,16,18)/t10-,12+/m0/s1. The molecule has 112 valence electrons. The molecule has 2 aromatic heterocycles. The lowest BCUT2D eigenvalue weighted by molar-refractivity contribution is -0.121. The Labute approximate surface area is 127 Å². The van der Waals surface area contributed by atoms with E-state index >= 15 is 0 Å². The zero-order valence-corrected chi connectivity index (χ0v) is 12.7. The first-order valence-electron chi connectivity index (χ1n) is 7.11. The summed E-state index contributed by atoms with van der Waals surface area (Å²) in [4.78, 5) is 16.5. The van der Waals surface area contributed by atoms with E-state index in [2.05, 4.69) is 10.3 Å². The van der Waals surface area contributed by atoms with Crippen LogP contribution in [0.5, 0.6) is 0 Å². The van der Waals surface area contributed by atoms with Gasteiger partial charge >= 0.3 is 0 Å². The number of carbonyl (C=O) groups excluding carboxylic acids is 1. The number of rotatable bonds is 5. The highest BCUT2D eigenvalue weighted by Crippen LogP contribution is 2.24. The van der Waals surface area contributed by atoms with E-state index in [1.165, 1.54) is 11.3 Å². The molecule has 0 radical (unpaired) electrons. The van der Waals surface area contributed by atoms with Crippen LogP contribution < -0.4 is 5.32 Å². The van der Waals surface area contributed by atoms with E-state index in [4.69, 9.17) is 9.15 Å². The first kappa shape index (κ1) is 14.3. The van der Waals surface area contributed by atoms with Crippen LogP contribution in [-0.4, -0.2) is 29.6 Å². The van der Waals surface area contributed by atoms with Crippen molar-refractivity contribution in [2.45, 2.75) is 38.3 Å². The second-order valence-corrected chi connectivity index (χ2v) is 6.06. The molecule has 0 aliphatic carbocycles. The Morgan fingerprint density at radius 3 is 3.24 bits per heavy atom. The van der Waals surface area contributed by atoms with E-state index in [-0.39, 0.29) is 24.5 Å². The molecule has 1 amide bonds. The summed E-state index contributed by atoms with van der Waals surface area (Å²) in [6.45, 7) is 2.78. The Kier molecular flexibility index (Phi) is 4.36. The predicted octanol–water partition coefficient (Wildman–Crippen LogP) is 2.63. The number of amides is 1. The Morgan fingerprint density at radius 2 is 2.52 bits per heavy atom. The molecule has 0 spiro atoms. The van der Waals surface area contributed by atoms with Gasteiger partial charge in [0.1, 0.15) is 0 Å². The lowest BCUT2D eigenvalue weighted by Gasteiger charge is -2.19. The summed E-state index contributed by atoms with van der Waals surface area (Å²) in [5.41, 5.74) is 0.767. The summed E-state index contributed by atoms with van der Waals surface area (Å²) in [6, 6.07) is 3.73. The van der Waals surface area contributed by atoms with Gasteiger partial charge in [-0.25, -0.2) is 4.98 Å². The van der Waals surface area contributed by atoms with Gasteiger partial charge in [-0.2, -0.15) is 0 Å². The molecule has 0 aromatic carbocycles. The Hall–Kier alpha value is -1.66. The minimum atomic E-state index is -0.0192. The van der Waals surface area contributed by atoms with Crippen LogP contribution in [0.1, 0.15) is 25.5 Å². The van der Waals surface area contributed by atoms with Gasteiger partial charge in [-0.1, -0.05) is 0 Å². The molecule has 1 aliphatic heterocycles. The van der Waals surface area contributed by atoms with Gasteiger partial charge in [0.25, 0.3) is 0 Å². The molecule has 1 saturated heterocycles. The van der Waals surface area contributed by atoms with Gasteiger partial charge in [0.15, 0.2) is 10.8 Å². The number of ether oxygens (including phenoxy) is 1. The summed E-state index contributed by atoms with van der Waals surface area (Å²) in [6.07, 6.45) is 4.13. The summed E-state index contributed by atoms with van der Waals surface area (Å²) >= 11 is 1.48. The maximum Gasteiger partial charge on any atom is 0.226 e. The third kappa shape index (κ3) is 3.51. The Morgan fingerprint density at radius 1 is 1.62 bits per heavy atom. The molecule has 0 saturated carbocycles. The monoisotopic (exact) mass is 306 g/mol. The van der Waals surface area contributed by atoms with Crippen molar-refractivity contribution >= 4 is 17.2 Å². The fourth-order valence-corrected chi connectivity index (χ4v) is 3.25. The van der Waals surface area contributed by atoms with Crippen molar-refractivity contribution in [3.05, 3.63) is 29.5 Å². The summed E-state index contributed by atoms with van der Waals surface area (Å²) in [5.74, 6) is 0.716. The number of furan rings is 1. The number of thiazole rings is 1. The summed E-state index contributed by atoms with van der Waals surface area (Å²) in [5, 5.41) is 5.69. The molecule has 5 nitrogen and oxygen atoms in total. The van der Waals surface area contributed by atoms with E-state index in [0.29, 0.717) is 0 Å². The summed E-state index contributed by atoms with van der Waals surface area (Å²) in [7, 11) is 0. The fourth-order valence-electron chi connectivity index (χ4n) is 2.46. The topological polar surface area (TPSA) is 64.4 Å². The second kappa shape index (κ2) is 6.41. The quantitative estimate of drug-likeness (QED) is 0.922. The van der Waals surface area contributed by atoms with Gasteiger partial charge in [0, 0.05) is 12.0 Å². The fraction of sp³-hybridized carbons (Fsp3) is 0.467. The van der Waals surface area contributed by atoms with Crippen LogP contribution in [0.25, 0.3) is 10.8 Å². The van der Waals surface area contributed by atoms with E-state index in [9.17, 15) is 4.79 Å². The molecule has 2 aromatic rings. The molecule has 0 unspecified atom stereocenters.